The van der Waals surface area contributed by atoms with Crippen molar-refractivity contribution in [3.63, 3.8) is 0 Å². The van der Waals surface area contributed by atoms with Gasteiger partial charge in [0, 0.05) is 0 Å². The van der Waals surface area contributed by atoms with Gasteiger partial charge in [0.25, 0.3) is 5.91 Å². The van der Waals surface area contributed by atoms with Gasteiger partial charge in [-0.15, -0.1) is 0 Å². The van der Waals surface area contributed by atoms with E-state index in [0.29, 0.717) is 12.5 Å². The molecule has 4 nitrogen and oxygen atoms in total. The number of aryl methyl sites for hydroxylation is 1. The molecule has 2 saturated carbocycles. The Bertz CT molecular complexity index is 752. The molecule has 3 aliphatic rings. The first-order valence-electron chi connectivity index (χ1n) is 12.8. The lowest BCUT2D eigenvalue weighted by Crippen LogP contribution is -2.44. The summed E-state index contributed by atoms with van der Waals surface area (Å²) in [5, 5.41) is 0. The zero-order chi connectivity index (χ0) is 21.7. The molecule has 4 heteroatoms. The molecule has 0 unspecified atom stereocenters. The van der Waals surface area contributed by atoms with Crippen LogP contribution < -0.4 is 5.73 Å². The predicted molar refractivity (Wildman–Crippen MR) is 128 cm³/mol. The zero-order valence-electron chi connectivity index (χ0n) is 19.5. The third-order valence-corrected chi connectivity index (χ3v) is 8.22. The maximum Gasteiger partial charge on any atom is 0.257 e. The Morgan fingerprint density at radius 3 is 2.03 bits per heavy atom. The number of carbonyl (C=O) groups excluding carboxylic acids is 1. The standard InChI is InChI=1S/C27H41N3O/c1-21-10-8-9-15-24(21)20-30-25(31)27(29-26(30)28,18-16-22-11-4-2-5-12-22)19-17-23-13-6-3-7-14-23/h8-10,15,22-23H,2-7,11-14,16-20H2,1H3,(H2,28,29). The largest absolute Gasteiger partial charge is 0.369 e. The van der Waals surface area contributed by atoms with Crippen LogP contribution in [-0.4, -0.2) is 22.3 Å². The molecule has 0 saturated heterocycles. The van der Waals surface area contributed by atoms with Crippen molar-refractivity contribution in [2.45, 2.75) is 109 Å². The summed E-state index contributed by atoms with van der Waals surface area (Å²) < 4.78 is 0. The molecular weight excluding hydrogens is 382 g/mol. The Labute approximate surface area is 188 Å². The summed E-state index contributed by atoms with van der Waals surface area (Å²) in [5.74, 6) is 2.10. The van der Waals surface area contributed by atoms with Crippen molar-refractivity contribution in [3.05, 3.63) is 35.4 Å². The molecule has 1 aromatic carbocycles. The fraction of sp³-hybridized carbons (Fsp3) is 0.704. The number of aliphatic imine (C=N–C) groups is 1. The second-order valence-corrected chi connectivity index (χ2v) is 10.4. The second-order valence-electron chi connectivity index (χ2n) is 10.4. The van der Waals surface area contributed by atoms with Gasteiger partial charge >= 0.3 is 0 Å². The summed E-state index contributed by atoms with van der Waals surface area (Å²) in [6, 6.07) is 8.28. The predicted octanol–water partition coefficient (Wildman–Crippen LogP) is 6.11. The van der Waals surface area contributed by atoms with Crippen molar-refractivity contribution in [1.29, 1.82) is 0 Å². The van der Waals surface area contributed by atoms with Gasteiger partial charge in [0.15, 0.2) is 5.96 Å². The van der Waals surface area contributed by atoms with Crippen LogP contribution in [-0.2, 0) is 11.3 Å². The minimum Gasteiger partial charge on any atom is -0.369 e. The van der Waals surface area contributed by atoms with Crippen molar-refractivity contribution < 1.29 is 4.79 Å². The molecule has 1 aliphatic heterocycles. The lowest BCUT2D eigenvalue weighted by molar-refractivity contribution is -0.132. The Balaban J connectivity index is 1.49. The van der Waals surface area contributed by atoms with Crippen LogP contribution in [0.3, 0.4) is 0 Å². The highest BCUT2D eigenvalue weighted by atomic mass is 16.2. The fourth-order valence-electron chi connectivity index (χ4n) is 6.08. The molecule has 31 heavy (non-hydrogen) atoms. The lowest BCUT2D eigenvalue weighted by Gasteiger charge is -2.31. The maximum atomic E-state index is 13.8. The molecule has 2 aliphatic carbocycles. The first-order valence-corrected chi connectivity index (χ1v) is 12.8. The number of nitrogens with zero attached hydrogens (tertiary/aromatic N) is 2. The molecule has 1 amide bonds. The van der Waals surface area contributed by atoms with Crippen LogP contribution in [0.2, 0.25) is 0 Å². The highest BCUT2D eigenvalue weighted by molar-refractivity contribution is 6.06. The quantitative estimate of drug-likeness (QED) is 0.548. The van der Waals surface area contributed by atoms with Crippen LogP contribution in [0.15, 0.2) is 29.3 Å². The number of benzene rings is 1. The van der Waals surface area contributed by atoms with Gasteiger partial charge in [0.1, 0.15) is 5.54 Å². The summed E-state index contributed by atoms with van der Waals surface area (Å²) in [5.41, 5.74) is 8.15. The first kappa shape index (κ1) is 22.4. The third-order valence-electron chi connectivity index (χ3n) is 8.22. The Morgan fingerprint density at radius 1 is 0.935 bits per heavy atom. The highest BCUT2D eigenvalue weighted by Crippen LogP contribution is 2.39. The molecule has 2 fully saturated rings. The van der Waals surface area contributed by atoms with Gasteiger partial charge in [0.05, 0.1) is 6.54 Å². The van der Waals surface area contributed by atoms with Crippen molar-refractivity contribution in [3.8, 4) is 0 Å². The lowest BCUT2D eigenvalue weighted by atomic mass is 9.77. The van der Waals surface area contributed by atoms with Crippen LogP contribution in [0.4, 0.5) is 0 Å². The molecule has 2 N–H and O–H groups in total. The van der Waals surface area contributed by atoms with E-state index < -0.39 is 5.54 Å². The van der Waals surface area contributed by atoms with Crippen LogP contribution in [0, 0.1) is 18.8 Å². The minimum absolute atomic E-state index is 0.153. The van der Waals surface area contributed by atoms with Crippen molar-refractivity contribution in [1.82, 2.24) is 4.90 Å². The van der Waals surface area contributed by atoms with Gasteiger partial charge in [-0.2, -0.15) is 0 Å². The first-order chi connectivity index (χ1) is 15.1. The Kier molecular flexibility index (Phi) is 7.35. The highest BCUT2D eigenvalue weighted by Gasteiger charge is 2.47. The molecular formula is C27H41N3O. The molecule has 0 radical (unpaired) electrons. The van der Waals surface area contributed by atoms with Crippen molar-refractivity contribution >= 4 is 11.9 Å². The maximum absolute atomic E-state index is 13.8. The number of hydrogen-bond acceptors (Lipinski definition) is 3. The van der Waals surface area contributed by atoms with Gasteiger partial charge in [-0.05, 0) is 55.6 Å². The number of nitrogens with two attached hydrogens (primary N) is 1. The fourth-order valence-corrected chi connectivity index (χ4v) is 6.08. The van der Waals surface area contributed by atoms with E-state index in [1.807, 2.05) is 12.1 Å². The molecule has 0 bridgehead atoms. The summed E-state index contributed by atoms with van der Waals surface area (Å²) in [6.45, 7) is 2.64. The molecule has 0 spiro atoms. The van der Waals surface area contributed by atoms with Gasteiger partial charge < -0.3 is 5.73 Å². The van der Waals surface area contributed by atoms with Crippen molar-refractivity contribution in [2.24, 2.45) is 22.6 Å². The average Bonchev–Trinajstić information content (AvgIpc) is 3.04. The monoisotopic (exact) mass is 423 g/mol. The molecule has 1 aromatic rings. The topological polar surface area (TPSA) is 58.7 Å². The normalized spacial score (nSPS) is 22.7. The SMILES string of the molecule is Cc1ccccc1CN1C(=O)C(CCC2CCCCC2)(CCC2CCCCC2)N=C1N. The van der Waals surface area contributed by atoms with E-state index in [0.717, 1.165) is 43.1 Å². The summed E-state index contributed by atoms with van der Waals surface area (Å²) in [4.78, 5) is 20.5. The summed E-state index contributed by atoms with van der Waals surface area (Å²) in [6.07, 6.45) is 17.4. The molecule has 1 heterocycles. The van der Waals surface area contributed by atoms with Gasteiger partial charge in [-0.25, -0.2) is 4.99 Å². The van der Waals surface area contributed by atoms with Crippen LogP contribution in [0.5, 0.6) is 0 Å². The number of carbonyl (C=O) groups is 1. The summed E-state index contributed by atoms with van der Waals surface area (Å²) >= 11 is 0. The Hall–Kier alpha value is -1.84. The van der Waals surface area contributed by atoms with Gasteiger partial charge in [-0.3, -0.25) is 9.69 Å². The average molecular weight is 424 g/mol. The number of rotatable bonds is 8. The second kappa shape index (κ2) is 10.2. The summed E-state index contributed by atoms with van der Waals surface area (Å²) in [7, 11) is 0. The van der Waals surface area contributed by atoms with E-state index in [4.69, 9.17) is 10.7 Å². The van der Waals surface area contributed by atoms with E-state index in [-0.39, 0.29) is 5.91 Å². The Morgan fingerprint density at radius 2 is 1.48 bits per heavy atom. The van der Waals surface area contributed by atoms with E-state index in [2.05, 4.69) is 19.1 Å². The zero-order valence-corrected chi connectivity index (χ0v) is 19.5. The molecule has 0 aromatic heterocycles. The smallest absolute Gasteiger partial charge is 0.257 e. The number of guanidine groups is 1. The molecule has 170 valence electrons. The number of hydrogen-bond donors (Lipinski definition) is 1. The van der Waals surface area contributed by atoms with Gasteiger partial charge in [-0.1, -0.05) is 88.5 Å². The van der Waals surface area contributed by atoms with E-state index in [1.54, 1.807) is 4.90 Å². The van der Waals surface area contributed by atoms with Gasteiger partial charge in [0.2, 0.25) is 0 Å². The van der Waals surface area contributed by atoms with Crippen LogP contribution >= 0.6 is 0 Å². The van der Waals surface area contributed by atoms with E-state index in [1.165, 1.54) is 69.8 Å². The third kappa shape index (κ3) is 5.32. The molecule has 0 atom stereocenters. The number of amides is 1. The minimum atomic E-state index is -0.623. The van der Waals surface area contributed by atoms with Crippen molar-refractivity contribution in [2.75, 3.05) is 0 Å². The molecule has 4 rings (SSSR count). The van der Waals surface area contributed by atoms with E-state index >= 15 is 0 Å². The van der Waals surface area contributed by atoms with Crippen LogP contribution in [0.1, 0.15) is 101 Å². The van der Waals surface area contributed by atoms with Crippen LogP contribution in [0.25, 0.3) is 0 Å². The van der Waals surface area contributed by atoms with E-state index in [9.17, 15) is 4.79 Å².